The van der Waals surface area contributed by atoms with E-state index in [1.807, 2.05) is 12.1 Å². The number of methoxy groups -OCH3 is 2. The first-order chi connectivity index (χ1) is 10.2. The number of morpholine rings is 1. The molecule has 1 N–H and O–H groups in total. The normalized spacial score (nSPS) is 21.0. The fraction of sp³-hybridized carbons (Fsp3) is 0.625. The average Bonchev–Trinajstić information content (AvgIpc) is 2.54. The predicted molar refractivity (Wildman–Crippen MR) is 81.0 cm³/mol. The fourth-order valence-electron chi connectivity index (χ4n) is 2.63. The zero-order valence-corrected chi connectivity index (χ0v) is 13.0. The van der Waals surface area contributed by atoms with Crippen molar-refractivity contribution in [2.75, 3.05) is 40.5 Å². The minimum Gasteiger partial charge on any atom is -0.497 e. The molecule has 1 aliphatic rings. The van der Waals surface area contributed by atoms with Gasteiger partial charge in [-0.15, -0.1) is 0 Å². The minimum absolute atomic E-state index is 0.267. The van der Waals surface area contributed by atoms with Crippen molar-refractivity contribution in [1.82, 2.24) is 4.90 Å². The first-order valence-electron chi connectivity index (χ1n) is 7.41. The quantitative estimate of drug-likeness (QED) is 0.868. The molecule has 0 bridgehead atoms. The molecule has 2 unspecified atom stereocenters. The maximum Gasteiger partial charge on any atom is 0.128 e. The van der Waals surface area contributed by atoms with E-state index in [-0.39, 0.29) is 6.10 Å². The van der Waals surface area contributed by atoms with Crippen molar-refractivity contribution >= 4 is 0 Å². The van der Waals surface area contributed by atoms with E-state index < -0.39 is 6.10 Å². The molecule has 0 aliphatic carbocycles. The molecule has 0 amide bonds. The second-order valence-corrected chi connectivity index (χ2v) is 5.28. The van der Waals surface area contributed by atoms with Gasteiger partial charge in [0.2, 0.25) is 0 Å². The van der Waals surface area contributed by atoms with E-state index in [2.05, 4.69) is 11.8 Å². The summed E-state index contributed by atoms with van der Waals surface area (Å²) in [6.07, 6.45) is 0.684. The molecule has 5 heteroatoms. The lowest BCUT2D eigenvalue weighted by Crippen LogP contribution is -2.43. The van der Waals surface area contributed by atoms with E-state index in [4.69, 9.17) is 14.2 Å². The second-order valence-electron chi connectivity index (χ2n) is 5.28. The van der Waals surface area contributed by atoms with Gasteiger partial charge in [0.05, 0.1) is 33.0 Å². The summed E-state index contributed by atoms with van der Waals surface area (Å²) in [5.41, 5.74) is 0.790. The Kier molecular flexibility index (Phi) is 5.85. The number of aliphatic hydroxyl groups excluding tert-OH is 1. The lowest BCUT2D eigenvalue weighted by Gasteiger charge is -2.33. The summed E-state index contributed by atoms with van der Waals surface area (Å²) in [6, 6.07) is 5.50. The van der Waals surface area contributed by atoms with E-state index in [0.29, 0.717) is 12.3 Å². The molecule has 1 fully saturated rings. The van der Waals surface area contributed by atoms with Crippen LogP contribution in [0.25, 0.3) is 0 Å². The molecule has 0 radical (unpaired) electrons. The summed E-state index contributed by atoms with van der Waals surface area (Å²) in [5.74, 6) is 1.38. The van der Waals surface area contributed by atoms with E-state index in [0.717, 1.165) is 37.4 Å². The van der Waals surface area contributed by atoms with Gasteiger partial charge in [-0.2, -0.15) is 0 Å². The van der Waals surface area contributed by atoms with Crippen molar-refractivity contribution in [3.8, 4) is 11.5 Å². The van der Waals surface area contributed by atoms with Crippen molar-refractivity contribution in [2.24, 2.45) is 0 Å². The topological polar surface area (TPSA) is 51.2 Å². The second kappa shape index (κ2) is 7.64. The van der Waals surface area contributed by atoms with E-state index in [1.54, 1.807) is 20.3 Å². The van der Waals surface area contributed by atoms with Crippen molar-refractivity contribution in [3.63, 3.8) is 0 Å². The first-order valence-corrected chi connectivity index (χ1v) is 7.41. The SMILES string of the molecule is CCC1CN(CC(O)c2ccc(OC)cc2OC)CCO1. The molecule has 0 aromatic heterocycles. The summed E-state index contributed by atoms with van der Waals surface area (Å²) in [7, 11) is 3.22. The molecular formula is C16H25NO4. The Morgan fingerprint density at radius 3 is 2.86 bits per heavy atom. The largest absolute Gasteiger partial charge is 0.497 e. The lowest BCUT2D eigenvalue weighted by atomic mass is 10.1. The highest BCUT2D eigenvalue weighted by atomic mass is 16.5. The van der Waals surface area contributed by atoms with Crippen LogP contribution in [-0.2, 0) is 4.74 Å². The number of benzene rings is 1. The third-order valence-electron chi connectivity index (χ3n) is 3.91. The third-order valence-corrected chi connectivity index (χ3v) is 3.91. The summed E-state index contributed by atoms with van der Waals surface area (Å²) in [6.45, 7) is 5.16. The number of ether oxygens (including phenoxy) is 3. The van der Waals surface area contributed by atoms with Gasteiger partial charge in [-0.3, -0.25) is 4.90 Å². The van der Waals surface area contributed by atoms with Gasteiger partial charge in [-0.1, -0.05) is 6.92 Å². The molecule has 1 aliphatic heterocycles. The average molecular weight is 295 g/mol. The maximum absolute atomic E-state index is 10.5. The molecule has 2 atom stereocenters. The number of hydrogen-bond acceptors (Lipinski definition) is 5. The van der Waals surface area contributed by atoms with Crippen LogP contribution in [0.2, 0.25) is 0 Å². The Morgan fingerprint density at radius 2 is 2.19 bits per heavy atom. The van der Waals surface area contributed by atoms with Gasteiger partial charge in [0.1, 0.15) is 11.5 Å². The number of aliphatic hydroxyl groups is 1. The molecule has 1 aromatic rings. The number of hydrogen-bond donors (Lipinski definition) is 1. The molecule has 21 heavy (non-hydrogen) atoms. The van der Waals surface area contributed by atoms with Crippen molar-refractivity contribution < 1.29 is 19.3 Å². The molecular weight excluding hydrogens is 270 g/mol. The fourth-order valence-corrected chi connectivity index (χ4v) is 2.63. The van der Waals surface area contributed by atoms with Crippen molar-refractivity contribution in [1.29, 1.82) is 0 Å². The van der Waals surface area contributed by atoms with Crippen LogP contribution in [0.15, 0.2) is 18.2 Å². The Balaban J connectivity index is 2.04. The van der Waals surface area contributed by atoms with Gasteiger partial charge in [-0.25, -0.2) is 0 Å². The van der Waals surface area contributed by atoms with Crippen molar-refractivity contribution in [3.05, 3.63) is 23.8 Å². The monoisotopic (exact) mass is 295 g/mol. The highest BCUT2D eigenvalue weighted by Gasteiger charge is 2.23. The zero-order valence-electron chi connectivity index (χ0n) is 13.0. The van der Waals surface area contributed by atoms with Crippen LogP contribution in [0.3, 0.4) is 0 Å². The standard InChI is InChI=1S/C16H25NO4/c1-4-12-10-17(7-8-21-12)11-15(18)14-6-5-13(19-2)9-16(14)20-3/h5-6,9,12,15,18H,4,7-8,10-11H2,1-3H3. The highest BCUT2D eigenvalue weighted by molar-refractivity contribution is 5.42. The van der Waals surface area contributed by atoms with Crippen LogP contribution in [-0.4, -0.2) is 56.6 Å². The van der Waals surface area contributed by atoms with Gasteiger partial charge in [0, 0.05) is 31.3 Å². The van der Waals surface area contributed by atoms with Crippen LogP contribution in [0, 0.1) is 0 Å². The van der Waals surface area contributed by atoms with Crippen LogP contribution in [0.1, 0.15) is 25.0 Å². The lowest BCUT2D eigenvalue weighted by molar-refractivity contribution is -0.0419. The Morgan fingerprint density at radius 1 is 1.38 bits per heavy atom. The van der Waals surface area contributed by atoms with Crippen LogP contribution in [0.4, 0.5) is 0 Å². The van der Waals surface area contributed by atoms with E-state index in [1.165, 1.54) is 0 Å². The smallest absolute Gasteiger partial charge is 0.128 e. The Hall–Kier alpha value is -1.30. The molecule has 118 valence electrons. The van der Waals surface area contributed by atoms with E-state index >= 15 is 0 Å². The molecule has 1 heterocycles. The first kappa shape index (κ1) is 16.1. The minimum atomic E-state index is -0.582. The van der Waals surface area contributed by atoms with Gasteiger partial charge < -0.3 is 19.3 Å². The summed E-state index contributed by atoms with van der Waals surface area (Å²) in [5, 5.41) is 10.5. The van der Waals surface area contributed by atoms with E-state index in [9.17, 15) is 5.11 Å². The van der Waals surface area contributed by atoms with Crippen molar-refractivity contribution in [2.45, 2.75) is 25.6 Å². The van der Waals surface area contributed by atoms with Gasteiger partial charge >= 0.3 is 0 Å². The highest BCUT2D eigenvalue weighted by Crippen LogP contribution is 2.30. The summed E-state index contributed by atoms with van der Waals surface area (Å²) >= 11 is 0. The molecule has 0 saturated carbocycles. The van der Waals surface area contributed by atoms with Crippen LogP contribution < -0.4 is 9.47 Å². The summed E-state index contributed by atoms with van der Waals surface area (Å²) < 4.78 is 16.2. The van der Waals surface area contributed by atoms with Gasteiger partial charge in [0.25, 0.3) is 0 Å². The summed E-state index contributed by atoms with van der Waals surface area (Å²) in [4.78, 5) is 2.24. The Bertz CT molecular complexity index is 452. The predicted octanol–water partition coefficient (Wildman–Crippen LogP) is 1.85. The third kappa shape index (κ3) is 4.09. The number of nitrogens with zero attached hydrogens (tertiary/aromatic N) is 1. The van der Waals surface area contributed by atoms with Crippen LogP contribution in [0.5, 0.6) is 11.5 Å². The molecule has 2 rings (SSSR count). The molecule has 1 aromatic carbocycles. The van der Waals surface area contributed by atoms with Crippen LogP contribution >= 0.6 is 0 Å². The molecule has 0 spiro atoms. The number of β-amino-alcohol motifs (C(OH)–C–C–N with tert-alkyl or cyclic N) is 1. The number of rotatable bonds is 6. The molecule has 5 nitrogen and oxygen atoms in total. The zero-order chi connectivity index (χ0) is 15.2. The van der Waals surface area contributed by atoms with Gasteiger partial charge in [-0.05, 0) is 18.6 Å². The van der Waals surface area contributed by atoms with Gasteiger partial charge in [0.15, 0.2) is 0 Å². The maximum atomic E-state index is 10.5. The molecule has 1 saturated heterocycles. The Labute approximate surface area is 126 Å².